The molecule has 3 heterocycles. The van der Waals surface area contributed by atoms with Crippen molar-refractivity contribution in [2.24, 2.45) is 11.8 Å². The minimum absolute atomic E-state index is 0.130. The number of nitrogens with one attached hydrogen (secondary N) is 2. The lowest BCUT2D eigenvalue weighted by Gasteiger charge is -2.43. The average molecular weight is 772 g/mol. The number of esters is 1. The number of hydrogen-bond donors (Lipinski definition) is 6. The molecule has 54 heavy (non-hydrogen) atoms. The molecule has 1 unspecified atom stereocenters. The van der Waals surface area contributed by atoms with Crippen molar-refractivity contribution in [3.63, 3.8) is 0 Å². The molecule has 3 fully saturated rings. The highest BCUT2D eigenvalue weighted by Crippen LogP contribution is 2.30. The fourth-order valence-corrected chi connectivity index (χ4v) is 7.06. The topological polar surface area (TPSA) is 245 Å². The normalized spacial score (nSPS) is 33.8. The molecular formula is C36H61N5O13. The number of amides is 5. The maximum atomic E-state index is 14.3. The number of likely N-dealkylation sites (N-methyl/N-ethyl adjacent to an activating group) is 2. The minimum atomic E-state index is -1.74. The molecule has 0 spiro atoms. The van der Waals surface area contributed by atoms with Crippen LogP contribution in [0.4, 0.5) is 0 Å². The molecule has 3 rings (SSSR count). The van der Waals surface area contributed by atoms with E-state index in [1.165, 1.54) is 49.6 Å². The smallest absolute Gasteiger partial charge is 0.308 e. The molecule has 5 amide bonds. The van der Waals surface area contributed by atoms with Crippen LogP contribution in [-0.2, 0) is 43.0 Å². The Morgan fingerprint density at radius 2 is 1.57 bits per heavy atom. The summed E-state index contributed by atoms with van der Waals surface area (Å²) >= 11 is 0. The van der Waals surface area contributed by atoms with Crippen molar-refractivity contribution in [3.8, 4) is 0 Å². The molecule has 0 radical (unpaired) electrons. The highest BCUT2D eigenvalue weighted by Gasteiger charge is 2.48. The number of aliphatic hydroxyl groups excluding tert-OH is 4. The van der Waals surface area contributed by atoms with Gasteiger partial charge in [-0.1, -0.05) is 34.1 Å². The summed E-state index contributed by atoms with van der Waals surface area (Å²) in [6, 6.07) is -4.06. The quantitative estimate of drug-likeness (QED) is 0.150. The van der Waals surface area contributed by atoms with Crippen LogP contribution in [0, 0.1) is 11.8 Å². The van der Waals surface area contributed by atoms with Crippen LogP contribution in [0.1, 0.15) is 80.6 Å². The van der Waals surface area contributed by atoms with E-state index in [1.807, 2.05) is 6.92 Å². The molecule has 0 aromatic rings. The van der Waals surface area contributed by atoms with Gasteiger partial charge in [0.1, 0.15) is 48.6 Å². The van der Waals surface area contributed by atoms with Gasteiger partial charge in [-0.2, -0.15) is 0 Å². The molecule has 0 saturated carbocycles. The fourth-order valence-electron chi connectivity index (χ4n) is 7.06. The molecule has 6 N–H and O–H groups in total. The van der Waals surface area contributed by atoms with Crippen LogP contribution in [0.5, 0.6) is 0 Å². The second-order valence-corrected chi connectivity index (χ2v) is 15.6. The van der Waals surface area contributed by atoms with Crippen LogP contribution in [0.3, 0.4) is 0 Å². The summed E-state index contributed by atoms with van der Waals surface area (Å²) in [5.74, 6) is -4.49. The second kappa shape index (κ2) is 18.9. The van der Waals surface area contributed by atoms with Crippen LogP contribution in [-0.4, -0.2) is 171 Å². The summed E-state index contributed by atoms with van der Waals surface area (Å²) in [5, 5.41) is 46.2. The number of carbonyl (C=O) groups is 6. The van der Waals surface area contributed by atoms with Crippen molar-refractivity contribution in [2.45, 2.75) is 147 Å². The molecule has 18 nitrogen and oxygen atoms in total. The van der Waals surface area contributed by atoms with E-state index >= 15 is 0 Å². The molecule has 3 saturated heterocycles. The molecular weight excluding hydrogens is 710 g/mol. The van der Waals surface area contributed by atoms with Crippen LogP contribution in [0.15, 0.2) is 0 Å². The standard InChI is InChI=1S/C36H61N5O13/c1-10-19(4)25-33(50)40(9)26(18(2)3)34(51)39(8)20(5)30(47)37-14-13-24(43)52-22(32(49)41-15-11-12-21(41)31(48)38-25)16-36(6,7)54-35-29(46)28(45)27(44)23(17-42)53-35/h18-23,25-29,35,42,44-46H,10-17H2,1-9H3,(H,37,47)(H,38,48)/t19-,20-,21-,22+,23+,25-,26?,27+,28-,29+,35-/m0/s1. The van der Waals surface area contributed by atoms with Gasteiger partial charge in [-0.3, -0.25) is 28.8 Å². The number of fused-ring (bicyclic) bond motifs is 1. The highest BCUT2D eigenvalue weighted by molar-refractivity contribution is 5.96. The van der Waals surface area contributed by atoms with Gasteiger partial charge >= 0.3 is 5.97 Å². The number of cyclic esters (lactones) is 1. The van der Waals surface area contributed by atoms with Gasteiger partial charge < -0.3 is 60.0 Å². The van der Waals surface area contributed by atoms with Crippen molar-refractivity contribution < 1.29 is 63.4 Å². The van der Waals surface area contributed by atoms with E-state index in [2.05, 4.69) is 10.6 Å². The summed E-state index contributed by atoms with van der Waals surface area (Å²) in [5.41, 5.74) is -1.42. The number of nitrogens with zero attached hydrogens (tertiary/aromatic N) is 3. The van der Waals surface area contributed by atoms with Gasteiger partial charge in [0.15, 0.2) is 12.4 Å². The first kappa shape index (κ1) is 45.0. The Bertz CT molecular complexity index is 1360. The Kier molecular flexibility index (Phi) is 15.8. The molecule has 308 valence electrons. The number of rotatable bonds is 8. The third-order valence-corrected chi connectivity index (χ3v) is 10.7. The molecule has 0 aromatic carbocycles. The zero-order valence-corrected chi connectivity index (χ0v) is 32.9. The lowest BCUT2D eigenvalue weighted by atomic mass is 9.94. The molecule has 3 aliphatic heterocycles. The van der Waals surface area contributed by atoms with Gasteiger partial charge in [0.05, 0.1) is 18.6 Å². The number of ether oxygens (including phenoxy) is 3. The molecule has 0 aromatic heterocycles. The van der Waals surface area contributed by atoms with E-state index in [1.54, 1.807) is 20.8 Å². The van der Waals surface area contributed by atoms with Crippen LogP contribution < -0.4 is 10.6 Å². The van der Waals surface area contributed by atoms with Gasteiger partial charge in [-0.15, -0.1) is 0 Å². The van der Waals surface area contributed by atoms with Crippen molar-refractivity contribution in [3.05, 3.63) is 0 Å². The zero-order chi connectivity index (χ0) is 40.8. The van der Waals surface area contributed by atoms with E-state index in [0.29, 0.717) is 12.8 Å². The van der Waals surface area contributed by atoms with Crippen LogP contribution in [0.25, 0.3) is 0 Å². The number of hydrogen-bond acceptors (Lipinski definition) is 13. The lowest BCUT2D eigenvalue weighted by Crippen LogP contribution is -2.61. The van der Waals surface area contributed by atoms with E-state index in [-0.39, 0.29) is 44.2 Å². The Hall–Kier alpha value is -3.42. The van der Waals surface area contributed by atoms with Gasteiger partial charge in [-0.05, 0) is 45.4 Å². The Balaban J connectivity index is 2.00. The van der Waals surface area contributed by atoms with Crippen molar-refractivity contribution in [2.75, 3.05) is 33.8 Å². The Labute approximate surface area is 316 Å². The average Bonchev–Trinajstić information content (AvgIpc) is 3.61. The van der Waals surface area contributed by atoms with Gasteiger partial charge in [0.2, 0.25) is 23.6 Å². The van der Waals surface area contributed by atoms with Gasteiger partial charge in [0, 0.05) is 33.6 Å². The van der Waals surface area contributed by atoms with Crippen molar-refractivity contribution in [1.82, 2.24) is 25.3 Å². The summed E-state index contributed by atoms with van der Waals surface area (Å²) in [7, 11) is 2.93. The third-order valence-electron chi connectivity index (χ3n) is 10.7. The fraction of sp³-hybridized carbons (Fsp3) is 0.833. The summed E-state index contributed by atoms with van der Waals surface area (Å²) < 4.78 is 17.2. The third kappa shape index (κ3) is 10.5. The zero-order valence-electron chi connectivity index (χ0n) is 32.9. The maximum Gasteiger partial charge on any atom is 0.308 e. The van der Waals surface area contributed by atoms with Gasteiger partial charge in [-0.25, -0.2) is 0 Å². The molecule has 11 atom stereocenters. The van der Waals surface area contributed by atoms with Crippen molar-refractivity contribution >= 4 is 35.5 Å². The van der Waals surface area contributed by atoms with E-state index < -0.39 is 109 Å². The predicted octanol–water partition coefficient (Wildman–Crippen LogP) is -1.74. The molecule has 3 aliphatic rings. The largest absolute Gasteiger partial charge is 0.452 e. The summed E-state index contributed by atoms with van der Waals surface area (Å²) in [6.07, 6.45) is -8.96. The maximum absolute atomic E-state index is 14.3. The lowest BCUT2D eigenvalue weighted by molar-refractivity contribution is -0.324. The molecule has 0 bridgehead atoms. The SMILES string of the molecule is CC[C@H](C)[C@@H]1NC(=O)[C@@H]2CCCN2C(=O)[C@@H](CC(C)(C)O[C@@H]2O[C@H](CO)[C@@H](O)[C@H](O)[C@H]2O)OC(=O)CCNC(=O)[C@H](C)N(C)C(=O)C(C(C)C)N(C)C1=O. The highest BCUT2D eigenvalue weighted by atomic mass is 16.7. The van der Waals surface area contributed by atoms with E-state index in [0.717, 1.165) is 0 Å². The first-order valence-electron chi connectivity index (χ1n) is 18.8. The molecule has 18 heteroatoms. The number of carbonyl (C=O) groups excluding carboxylic acids is 6. The number of aliphatic hydroxyl groups is 4. The Morgan fingerprint density at radius 3 is 2.17 bits per heavy atom. The summed E-state index contributed by atoms with van der Waals surface area (Å²) in [6.45, 7) is 11.0. The molecule has 0 aliphatic carbocycles. The van der Waals surface area contributed by atoms with Crippen LogP contribution in [0.2, 0.25) is 0 Å². The Morgan fingerprint density at radius 1 is 0.926 bits per heavy atom. The van der Waals surface area contributed by atoms with Gasteiger partial charge in [0.25, 0.3) is 5.91 Å². The van der Waals surface area contributed by atoms with Crippen molar-refractivity contribution in [1.29, 1.82) is 0 Å². The van der Waals surface area contributed by atoms with E-state index in [4.69, 9.17) is 14.2 Å². The van der Waals surface area contributed by atoms with E-state index in [9.17, 15) is 49.2 Å². The first-order valence-corrected chi connectivity index (χ1v) is 18.8. The predicted molar refractivity (Wildman–Crippen MR) is 191 cm³/mol. The second-order valence-electron chi connectivity index (χ2n) is 15.6. The summed E-state index contributed by atoms with van der Waals surface area (Å²) in [4.78, 5) is 86.5. The first-order chi connectivity index (χ1) is 25.2. The van der Waals surface area contributed by atoms with Crippen LogP contribution >= 0.6 is 0 Å². The monoisotopic (exact) mass is 771 g/mol. The minimum Gasteiger partial charge on any atom is -0.452 e.